The topological polar surface area (TPSA) is 76.2 Å². The van der Waals surface area contributed by atoms with Crippen molar-refractivity contribution in [2.75, 3.05) is 18.4 Å². The molecule has 0 aliphatic carbocycles. The molecule has 1 aliphatic rings. The van der Waals surface area contributed by atoms with Crippen molar-refractivity contribution in [1.82, 2.24) is 19.8 Å². The van der Waals surface area contributed by atoms with Crippen molar-refractivity contribution in [3.8, 4) is 5.69 Å². The van der Waals surface area contributed by atoms with Crippen LogP contribution in [0.3, 0.4) is 0 Å². The highest BCUT2D eigenvalue weighted by molar-refractivity contribution is 5.93. The third-order valence-corrected chi connectivity index (χ3v) is 4.64. The van der Waals surface area contributed by atoms with E-state index < -0.39 is 0 Å². The molecule has 7 heteroatoms. The monoisotopic (exact) mass is 351 g/mol. The van der Waals surface area contributed by atoms with Gasteiger partial charge in [-0.05, 0) is 43.7 Å². The second-order valence-electron chi connectivity index (χ2n) is 6.56. The van der Waals surface area contributed by atoms with Crippen molar-refractivity contribution in [1.29, 1.82) is 0 Å². The molecule has 4 rings (SSSR count). The Kier molecular flexibility index (Phi) is 4.79. The summed E-state index contributed by atoms with van der Waals surface area (Å²) >= 11 is 0. The van der Waals surface area contributed by atoms with Crippen LogP contribution in [0, 0.1) is 5.92 Å². The Hall–Kier alpha value is -2.93. The van der Waals surface area contributed by atoms with E-state index >= 15 is 0 Å². The Bertz CT molecular complexity index is 845. The van der Waals surface area contributed by atoms with Crippen LogP contribution < -0.4 is 5.32 Å². The summed E-state index contributed by atoms with van der Waals surface area (Å²) in [4.78, 5) is 15.0. The summed E-state index contributed by atoms with van der Waals surface area (Å²) in [5.41, 5.74) is 2.61. The van der Waals surface area contributed by atoms with Crippen molar-refractivity contribution in [3.63, 3.8) is 0 Å². The second-order valence-corrected chi connectivity index (χ2v) is 6.56. The lowest BCUT2D eigenvalue weighted by molar-refractivity contribution is -0.121. The Morgan fingerprint density at radius 3 is 3.08 bits per heavy atom. The number of rotatable bonds is 5. The standard InChI is InChI=1S/C19H21N5O2/c25-19(15-4-2-9-23(13-15)14-17-7-11-26-22-17)21-16-5-1-6-18(12-16)24-10-3-8-20-24/h1,3,5-8,10-12,15H,2,4,9,13-14H2,(H,21,25)/t15-/m0/s1. The molecule has 1 aromatic carbocycles. The third-order valence-electron chi connectivity index (χ3n) is 4.64. The zero-order chi connectivity index (χ0) is 17.8. The van der Waals surface area contributed by atoms with Crippen molar-refractivity contribution in [2.24, 2.45) is 5.92 Å². The fourth-order valence-electron chi connectivity index (χ4n) is 3.35. The van der Waals surface area contributed by atoms with Crippen LogP contribution in [0.4, 0.5) is 5.69 Å². The number of carbonyl (C=O) groups is 1. The summed E-state index contributed by atoms with van der Waals surface area (Å²) in [7, 11) is 0. The van der Waals surface area contributed by atoms with E-state index in [-0.39, 0.29) is 11.8 Å². The highest BCUT2D eigenvalue weighted by Gasteiger charge is 2.26. The lowest BCUT2D eigenvalue weighted by atomic mass is 9.97. The molecule has 2 aromatic heterocycles. The highest BCUT2D eigenvalue weighted by atomic mass is 16.5. The van der Waals surface area contributed by atoms with Gasteiger partial charge in [0.25, 0.3) is 0 Å². The van der Waals surface area contributed by atoms with Gasteiger partial charge in [-0.1, -0.05) is 11.2 Å². The third kappa shape index (κ3) is 3.83. The molecule has 1 fully saturated rings. The zero-order valence-electron chi connectivity index (χ0n) is 14.4. The molecule has 26 heavy (non-hydrogen) atoms. The molecule has 0 radical (unpaired) electrons. The van der Waals surface area contributed by atoms with E-state index in [0.29, 0.717) is 0 Å². The SMILES string of the molecule is O=C(Nc1cccc(-n2cccn2)c1)[C@H]1CCCN(Cc2ccon2)C1. The van der Waals surface area contributed by atoms with E-state index in [1.165, 1.54) is 0 Å². The van der Waals surface area contributed by atoms with E-state index in [9.17, 15) is 4.79 Å². The molecule has 1 aliphatic heterocycles. The molecule has 1 N–H and O–H groups in total. The summed E-state index contributed by atoms with van der Waals surface area (Å²) in [6.45, 7) is 2.43. The first-order chi connectivity index (χ1) is 12.8. The van der Waals surface area contributed by atoms with E-state index in [2.05, 4.69) is 20.5 Å². The maximum atomic E-state index is 12.7. The normalized spacial score (nSPS) is 17.9. The minimum Gasteiger partial charge on any atom is -0.364 e. The van der Waals surface area contributed by atoms with Gasteiger partial charge >= 0.3 is 0 Å². The van der Waals surface area contributed by atoms with Crippen LogP contribution in [-0.2, 0) is 11.3 Å². The van der Waals surface area contributed by atoms with Crippen LogP contribution in [0.25, 0.3) is 5.69 Å². The Morgan fingerprint density at radius 2 is 2.27 bits per heavy atom. The first-order valence-corrected chi connectivity index (χ1v) is 8.80. The van der Waals surface area contributed by atoms with Crippen molar-refractivity contribution in [2.45, 2.75) is 19.4 Å². The van der Waals surface area contributed by atoms with Crippen LogP contribution in [0.15, 0.2) is 59.6 Å². The molecule has 0 spiro atoms. The van der Waals surface area contributed by atoms with Crippen LogP contribution in [0.1, 0.15) is 18.5 Å². The molecule has 3 aromatic rings. The second kappa shape index (κ2) is 7.53. The van der Waals surface area contributed by atoms with Gasteiger partial charge in [0, 0.05) is 37.2 Å². The Balaban J connectivity index is 1.39. The number of amides is 1. The summed E-state index contributed by atoms with van der Waals surface area (Å²) < 4.78 is 6.66. The van der Waals surface area contributed by atoms with E-state index in [1.54, 1.807) is 17.1 Å². The van der Waals surface area contributed by atoms with Gasteiger partial charge in [0.15, 0.2) is 0 Å². The average Bonchev–Trinajstić information content (AvgIpc) is 3.36. The first kappa shape index (κ1) is 16.5. The van der Waals surface area contributed by atoms with Crippen LogP contribution in [0.5, 0.6) is 0 Å². The molecular formula is C19H21N5O2. The quantitative estimate of drug-likeness (QED) is 0.765. The number of nitrogens with one attached hydrogen (secondary N) is 1. The lowest BCUT2D eigenvalue weighted by Gasteiger charge is -2.31. The van der Waals surface area contributed by atoms with Gasteiger partial charge in [-0.25, -0.2) is 4.68 Å². The highest BCUT2D eigenvalue weighted by Crippen LogP contribution is 2.21. The number of anilines is 1. The lowest BCUT2D eigenvalue weighted by Crippen LogP contribution is -2.40. The van der Waals surface area contributed by atoms with Crippen molar-refractivity contribution >= 4 is 11.6 Å². The van der Waals surface area contributed by atoms with E-state index in [1.807, 2.05) is 42.6 Å². The van der Waals surface area contributed by atoms with Gasteiger partial charge in [0.1, 0.15) is 6.26 Å². The number of aromatic nitrogens is 3. The van der Waals surface area contributed by atoms with Crippen LogP contribution in [-0.4, -0.2) is 38.8 Å². The van der Waals surface area contributed by atoms with Gasteiger partial charge in [-0.2, -0.15) is 5.10 Å². The fourth-order valence-corrected chi connectivity index (χ4v) is 3.35. The van der Waals surface area contributed by atoms with Crippen LogP contribution >= 0.6 is 0 Å². The molecule has 1 atom stereocenters. The van der Waals surface area contributed by atoms with Gasteiger partial charge in [0.2, 0.25) is 5.91 Å². The number of hydrogen-bond donors (Lipinski definition) is 1. The minimum atomic E-state index is -0.0241. The maximum absolute atomic E-state index is 12.7. The van der Waals surface area contributed by atoms with Crippen molar-refractivity contribution in [3.05, 3.63) is 60.7 Å². The molecule has 1 amide bonds. The van der Waals surface area contributed by atoms with Gasteiger partial charge in [0.05, 0.1) is 17.3 Å². The molecule has 7 nitrogen and oxygen atoms in total. The molecule has 0 bridgehead atoms. The molecule has 1 saturated heterocycles. The fraction of sp³-hybridized carbons (Fsp3) is 0.316. The number of likely N-dealkylation sites (tertiary alicyclic amines) is 1. The average molecular weight is 351 g/mol. The van der Waals surface area contributed by atoms with Gasteiger partial charge in [-0.15, -0.1) is 0 Å². The molecule has 0 saturated carbocycles. The minimum absolute atomic E-state index is 0.0241. The summed E-state index contributed by atoms with van der Waals surface area (Å²) in [6.07, 6.45) is 7.10. The number of benzene rings is 1. The summed E-state index contributed by atoms with van der Waals surface area (Å²) in [5.74, 6) is 0.0384. The first-order valence-electron chi connectivity index (χ1n) is 8.80. The molecule has 3 heterocycles. The van der Waals surface area contributed by atoms with Gasteiger partial charge < -0.3 is 9.84 Å². The summed E-state index contributed by atoms with van der Waals surface area (Å²) in [5, 5.41) is 11.2. The molecular weight excluding hydrogens is 330 g/mol. The van der Waals surface area contributed by atoms with E-state index in [4.69, 9.17) is 4.52 Å². The van der Waals surface area contributed by atoms with Gasteiger partial charge in [-0.3, -0.25) is 9.69 Å². The van der Waals surface area contributed by atoms with Crippen molar-refractivity contribution < 1.29 is 9.32 Å². The zero-order valence-corrected chi connectivity index (χ0v) is 14.4. The largest absolute Gasteiger partial charge is 0.364 e. The van der Waals surface area contributed by atoms with Crippen LogP contribution in [0.2, 0.25) is 0 Å². The predicted octanol–water partition coefficient (Wildman–Crippen LogP) is 2.71. The molecule has 0 unspecified atom stereocenters. The Morgan fingerprint density at radius 1 is 1.31 bits per heavy atom. The number of nitrogens with zero attached hydrogens (tertiary/aromatic N) is 4. The molecule has 134 valence electrons. The number of piperidine rings is 1. The summed E-state index contributed by atoms with van der Waals surface area (Å²) in [6, 6.07) is 11.5. The predicted molar refractivity (Wildman–Crippen MR) is 96.7 cm³/mol. The van der Waals surface area contributed by atoms with E-state index in [0.717, 1.165) is 49.5 Å². The smallest absolute Gasteiger partial charge is 0.228 e. The number of carbonyl (C=O) groups excluding carboxylic acids is 1. The maximum Gasteiger partial charge on any atom is 0.228 e. The Labute approximate surface area is 151 Å². The number of hydrogen-bond acceptors (Lipinski definition) is 5.